The van der Waals surface area contributed by atoms with Crippen molar-refractivity contribution >= 4 is 0 Å². The van der Waals surface area contributed by atoms with Crippen LogP contribution >= 0.6 is 0 Å². The Kier molecular flexibility index (Phi) is 17.1. The zero-order chi connectivity index (χ0) is 12.1. The van der Waals surface area contributed by atoms with Crippen molar-refractivity contribution in [2.75, 3.05) is 0 Å². The van der Waals surface area contributed by atoms with Gasteiger partial charge in [0.2, 0.25) is 0 Å². The fourth-order valence-electron chi connectivity index (χ4n) is 0.855. The Morgan fingerprint density at radius 3 is 1.65 bits per heavy atom. The molecule has 0 radical (unpaired) electrons. The number of hydrogen-bond acceptors (Lipinski definition) is 0. The predicted molar refractivity (Wildman–Crippen MR) is 73.5 cm³/mol. The fourth-order valence-corrected chi connectivity index (χ4v) is 0.855. The van der Waals surface area contributed by atoms with Gasteiger partial charge in [-0.2, -0.15) is 24.6 Å². The molecule has 0 heterocycles. The molecule has 2 aromatic carbocycles. The maximum atomic E-state index is 3.60. The maximum Gasteiger partial charge on any atom is 2.00 e. The third kappa shape index (κ3) is 15.5. The number of unbranched alkanes of at least 4 members (excludes halogenated alkanes) is 1. The summed E-state index contributed by atoms with van der Waals surface area (Å²) in [6, 6.07) is 20.3. The van der Waals surface area contributed by atoms with Crippen LogP contribution in [0.3, 0.4) is 0 Å². The Morgan fingerprint density at radius 2 is 1.47 bits per heavy atom. The Morgan fingerprint density at radius 1 is 1.00 bits per heavy atom. The van der Waals surface area contributed by atoms with Crippen LogP contribution in [0.4, 0.5) is 0 Å². The van der Waals surface area contributed by atoms with Crippen molar-refractivity contribution in [2.45, 2.75) is 26.7 Å². The van der Waals surface area contributed by atoms with Gasteiger partial charge in [-0.1, -0.05) is 49.2 Å². The van der Waals surface area contributed by atoms with E-state index in [0.717, 1.165) is 6.42 Å². The quantitative estimate of drug-likeness (QED) is 0.649. The van der Waals surface area contributed by atoms with E-state index in [1.54, 1.807) is 0 Å². The van der Waals surface area contributed by atoms with E-state index in [1.165, 1.54) is 12.0 Å². The van der Waals surface area contributed by atoms with E-state index < -0.39 is 0 Å². The smallest absolute Gasteiger partial charge is 0.343 e. The van der Waals surface area contributed by atoms with Crippen LogP contribution in [0, 0.1) is 13.8 Å². The second kappa shape index (κ2) is 15.5. The van der Waals surface area contributed by atoms with Gasteiger partial charge in [-0.05, 0) is 6.92 Å². The summed E-state index contributed by atoms with van der Waals surface area (Å²) in [4.78, 5) is 0. The van der Waals surface area contributed by atoms with Gasteiger partial charge in [0.15, 0.2) is 0 Å². The van der Waals surface area contributed by atoms with Crippen LogP contribution in [0.2, 0.25) is 0 Å². The van der Waals surface area contributed by atoms with Crippen LogP contribution in [0.1, 0.15) is 25.3 Å². The van der Waals surface area contributed by atoms with E-state index >= 15 is 0 Å². The van der Waals surface area contributed by atoms with E-state index in [1.807, 2.05) is 48.5 Å². The van der Waals surface area contributed by atoms with Crippen LogP contribution in [0.25, 0.3) is 0 Å². The first kappa shape index (κ1) is 18.8. The Balaban J connectivity index is 0. The average molecular weight is 306 g/mol. The van der Waals surface area contributed by atoms with E-state index in [0.29, 0.717) is 0 Å². The van der Waals surface area contributed by atoms with Crippen molar-refractivity contribution in [1.82, 2.24) is 0 Å². The molecular formula is C16H22Zr. The minimum atomic E-state index is 0. The van der Waals surface area contributed by atoms with Crippen LogP contribution in [-0.4, -0.2) is 0 Å². The second-order valence-corrected chi connectivity index (χ2v) is 3.47. The second-order valence-electron chi connectivity index (χ2n) is 3.47. The van der Waals surface area contributed by atoms with Gasteiger partial charge < -0.3 is 6.92 Å². The normalized spacial score (nSPS) is 7.71. The van der Waals surface area contributed by atoms with Crippen molar-refractivity contribution in [3.63, 3.8) is 0 Å². The topological polar surface area (TPSA) is 0 Å². The summed E-state index contributed by atoms with van der Waals surface area (Å²) in [5.41, 5.74) is 1.32. The molecule has 0 spiro atoms. The SMILES string of the molecule is Cc1ccccc1.[CH2-]CCC.[Zr+2].c1cc[cH-]c1. The first-order valence-electron chi connectivity index (χ1n) is 5.78. The first-order chi connectivity index (χ1) is 7.81. The number of aryl methyl sites for hydroxylation is 1. The Labute approximate surface area is 126 Å². The first-order valence-corrected chi connectivity index (χ1v) is 5.78. The molecule has 0 unspecified atom stereocenters. The Bertz CT molecular complexity index is 278. The third-order valence-corrected chi connectivity index (χ3v) is 1.85. The molecule has 0 N–H and O–H groups in total. The molecule has 0 amide bonds. The van der Waals surface area contributed by atoms with Crippen molar-refractivity contribution in [3.8, 4) is 0 Å². The zero-order valence-corrected chi connectivity index (χ0v) is 13.4. The summed E-state index contributed by atoms with van der Waals surface area (Å²) in [6.07, 6.45) is 2.28. The van der Waals surface area contributed by atoms with Gasteiger partial charge in [-0.3, -0.25) is 0 Å². The summed E-state index contributed by atoms with van der Waals surface area (Å²) >= 11 is 0. The molecule has 90 valence electrons. The summed E-state index contributed by atoms with van der Waals surface area (Å²) in [6.45, 7) is 7.81. The molecule has 0 nitrogen and oxygen atoms in total. The summed E-state index contributed by atoms with van der Waals surface area (Å²) in [7, 11) is 0. The molecule has 2 aromatic rings. The summed E-state index contributed by atoms with van der Waals surface area (Å²) in [5, 5.41) is 0. The molecule has 0 saturated heterocycles. The van der Waals surface area contributed by atoms with E-state index in [9.17, 15) is 0 Å². The van der Waals surface area contributed by atoms with Crippen molar-refractivity contribution < 1.29 is 26.2 Å². The van der Waals surface area contributed by atoms with Gasteiger partial charge in [0.05, 0.1) is 0 Å². The van der Waals surface area contributed by atoms with Crippen molar-refractivity contribution in [2.24, 2.45) is 0 Å². The zero-order valence-electron chi connectivity index (χ0n) is 10.9. The van der Waals surface area contributed by atoms with Gasteiger partial charge in [0, 0.05) is 0 Å². The standard InChI is InChI=1S/C7H8.C5H5.C4H9.Zr/c1-7-5-3-2-4-6-7;1-2-4-5-3-1;1-3-4-2;/h2-6H,1H3;1-5H;1,3-4H2,2H3;/q;2*-1;+2. The van der Waals surface area contributed by atoms with Gasteiger partial charge >= 0.3 is 26.2 Å². The summed E-state index contributed by atoms with van der Waals surface area (Å²) in [5.74, 6) is 0. The Hall–Kier alpha value is -0.547. The molecule has 0 aliphatic heterocycles. The monoisotopic (exact) mass is 304 g/mol. The molecular weight excluding hydrogens is 283 g/mol. The molecule has 0 bridgehead atoms. The number of hydrogen-bond donors (Lipinski definition) is 0. The predicted octanol–water partition coefficient (Wildman–Crippen LogP) is 5.02. The van der Waals surface area contributed by atoms with Gasteiger partial charge in [0.25, 0.3) is 0 Å². The number of rotatable bonds is 1. The molecule has 0 atom stereocenters. The van der Waals surface area contributed by atoms with Crippen molar-refractivity contribution in [1.29, 1.82) is 0 Å². The van der Waals surface area contributed by atoms with Crippen LogP contribution in [0.15, 0.2) is 60.7 Å². The molecule has 0 aliphatic rings. The molecule has 0 fully saturated rings. The molecule has 0 aliphatic carbocycles. The van der Waals surface area contributed by atoms with Crippen LogP contribution in [0.5, 0.6) is 0 Å². The van der Waals surface area contributed by atoms with E-state index in [2.05, 4.69) is 32.9 Å². The fraction of sp³-hybridized carbons (Fsp3) is 0.250. The molecule has 1 heteroatoms. The van der Waals surface area contributed by atoms with E-state index in [4.69, 9.17) is 0 Å². The van der Waals surface area contributed by atoms with Crippen LogP contribution in [-0.2, 0) is 26.2 Å². The van der Waals surface area contributed by atoms with Gasteiger partial charge in [-0.15, -0.1) is 0 Å². The molecule has 17 heavy (non-hydrogen) atoms. The number of benzene rings is 1. The minimum absolute atomic E-state index is 0. The van der Waals surface area contributed by atoms with Crippen molar-refractivity contribution in [3.05, 3.63) is 73.2 Å². The summed E-state index contributed by atoms with van der Waals surface area (Å²) < 4.78 is 0. The third-order valence-electron chi connectivity index (χ3n) is 1.85. The minimum Gasteiger partial charge on any atom is -0.343 e. The van der Waals surface area contributed by atoms with E-state index in [-0.39, 0.29) is 26.2 Å². The van der Waals surface area contributed by atoms with Gasteiger partial charge in [0.1, 0.15) is 0 Å². The largest absolute Gasteiger partial charge is 2.00 e. The van der Waals surface area contributed by atoms with Crippen LogP contribution < -0.4 is 0 Å². The average Bonchev–Trinajstić information content (AvgIpc) is 2.89. The maximum absolute atomic E-state index is 3.60. The van der Waals surface area contributed by atoms with Gasteiger partial charge in [-0.25, -0.2) is 12.1 Å². The molecule has 2 rings (SSSR count). The molecule has 0 aromatic heterocycles. The molecule has 0 saturated carbocycles.